The molecule has 146 valence electrons. The summed E-state index contributed by atoms with van der Waals surface area (Å²) in [4.78, 5) is 12.1. The summed E-state index contributed by atoms with van der Waals surface area (Å²) in [5.41, 5.74) is 4.31. The number of nitrogens with zero attached hydrogens (tertiary/aromatic N) is 1. The van der Waals surface area contributed by atoms with Gasteiger partial charge in [-0.1, -0.05) is 42.0 Å². The van der Waals surface area contributed by atoms with Crippen molar-refractivity contribution in [1.29, 1.82) is 0 Å². The Hall–Kier alpha value is -3.77. The van der Waals surface area contributed by atoms with Crippen molar-refractivity contribution >= 4 is 35.9 Å². The zero-order chi connectivity index (χ0) is 20.8. The molecule has 0 saturated heterocycles. The van der Waals surface area contributed by atoms with Gasteiger partial charge in [0.1, 0.15) is 17.2 Å². The second kappa shape index (κ2) is 8.95. The molecule has 0 aromatic heterocycles. The van der Waals surface area contributed by atoms with Crippen molar-refractivity contribution in [3.63, 3.8) is 0 Å². The summed E-state index contributed by atoms with van der Waals surface area (Å²) in [7, 11) is 0. The molecule has 0 fully saturated rings. The lowest BCUT2D eigenvalue weighted by Crippen LogP contribution is -2.17. The Bertz CT molecular complexity index is 1090. The van der Waals surface area contributed by atoms with Crippen LogP contribution in [-0.4, -0.2) is 27.4 Å². The molecule has 29 heavy (non-hydrogen) atoms. The quantitative estimate of drug-likeness (QED) is 0.285. The molecule has 3 aromatic rings. The van der Waals surface area contributed by atoms with E-state index in [9.17, 15) is 20.1 Å². The molecule has 0 aliphatic carbocycles. The van der Waals surface area contributed by atoms with Crippen LogP contribution in [0.15, 0.2) is 65.8 Å². The number of phenolic OH excluding ortho intramolecular Hbond substituents is 3. The number of amides is 1. The van der Waals surface area contributed by atoms with E-state index >= 15 is 0 Å². The van der Waals surface area contributed by atoms with Crippen molar-refractivity contribution < 1.29 is 20.1 Å². The standard InChI is InChI=1S/C22H17ClN2O4/c23-17-3-1-2-16(10-17)22(29)25-24-13-20-15(11-19(27)12-21(20)28)7-4-14-5-8-18(26)9-6-14/h1-13,26-28H,(H,25,29)/b7-4+,24-13-. The Morgan fingerprint density at radius 2 is 1.69 bits per heavy atom. The second-order valence-corrected chi connectivity index (χ2v) is 6.54. The van der Waals surface area contributed by atoms with Crippen molar-refractivity contribution in [1.82, 2.24) is 5.43 Å². The van der Waals surface area contributed by atoms with Gasteiger partial charge in [-0.2, -0.15) is 5.10 Å². The first-order valence-electron chi connectivity index (χ1n) is 8.54. The fraction of sp³-hybridized carbons (Fsp3) is 0. The van der Waals surface area contributed by atoms with Crippen molar-refractivity contribution in [3.8, 4) is 17.2 Å². The molecule has 0 radical (unpaired) electrons. The summed E-state index contributed by atoms with van der Waals surface area (Å²) in [5, 5.41) is 33.6. The summed E-state index contributed by atoms with van der Waals surface area (Å²) in [6.07, 6.45) is 4.70. The molecule has 4 N–H and O–H groups in total. The topological polar surface area (TPSA) is 102 Å². The molecule has 0 heterocycles. The molecule has 0 aliphatic heterocycles. The highest BCUT2D eigenvalue weighted by Crippen LogP contribution is 2.27. The van der Waals surface area contributed by atoms with Crippen molar-refractivity contribution in [3.05, 3.63) is 87.9 Å². The van der Waals surface area contributed by atoms with Crippen LogP contribution in [0.5, 0.6) is 17.2 Å². The van der Waals surface area contributed by atoms with Gasteiger partial charge in [0.15, 0.2) is 0 Å². The Morgan fingerprint density at radius 3 is 2.41 bits per heavy atom. The van der Waals surface area contributed by atoms with Crippen LogP contribution in [0, 0.1) is 0 Å². The third kappa shape index (κ3) is 5.37. The third-order valence-corrected chi connectivity index (χ3v) is 4.21. The maximum Gasteiger partial charge on any atom is 0.271 e. The van der Waals surface area contributed by atoms with Gasteiger partial charge in [0.05, 0.1) is 6.21 Å². The van der Waals surface area contributed by atoms with Gasteiger partial charge >= 0.3 is 0 Å². The molecule has 0 spiro atoms. The number of aromatic hydroxyl groups is 3. The number of rotatable bonds is 5. The lowest BCUT2D eigenvalue weighted by atomic mass is 10.0. The van der Waals surface area contributed by atoms with E-state index in [2.05, 4.69) is 10.5 Å². The van der Waals surface area contributed by atoms with E-state index < -0.39 is 5.91 Å². The SMILES string of the molecule is O=C(N/N=C\c1c(O)cc(O)cc1/C=C/c1ccc(O)cc1)c1cccc(Cl)c1. The molecule has 3 rings (SSSR count). The fourth-order valence-electron chi connectivity index (χ4n) is 2.54. The minimum Gasteiger partial charge on any atom is -0.508 e. The molecule has 0 atom stereocenters. The van der Waals surface area contributed by atoms with Crippen molar-refractivity contribution in [2.24, 2.45) is 5.10 Å². The van der Waals surface area contributed by atoms with Crippen molar-refractivity contribution in [2.75, 3.05) is 0 Å². The number of carbonyl (C=O) groups is 1. The summed E-state index contributed by atoms with van der Waals surface area (Å²) in [6.45, 7) is 0. The molecule has 1 amide bonds. The minimum absolute atomic E-state index is 0.118. The Morgan fingerprint density at radius 1 is 0.931 bits per heavy atom. The molecule has 0 saturated carbocycles. The highest BCUT2D eigenvalue weighted by Gasteiger charge is 2.08. The number of hydrazone groups is 1. The maximum atomic E-state index is 12.1. The van der Waals surface area contributed by atoms with E-state index in [0.29, 0.717) is 21.7 Å². The van der Waals surface area contributed by atoms with E-state index in [1.807, 2.05) is 0 Å². The second-order valence-electron chi connectivity index (χ2n) is 6.10. The van der Waals surface area contributed by atoms with Crippen LogP contribution in [0.4, 0.5) is 0 Å². The number of carbonyl (C=O) groups excluding carboxylic acids is 1. The van der Waals surface area contributed by atoms with Crippen LogP contribution < -0.4 is 5.43 Å². The normalized spacial score (nSPS) is 11.2. The van der Waals surface area contributed by atoms with E-state index in [1.54, 1.807) is 54.6 Å². The molecule has 6 nitrogen and oxygen atoms in total. The molecule has 7 heteroatoms. The lowest BCUT2D eigenvalue weighted by Gasteiger charge is -2.06. The summed E-state index contributed by atoms with van der Waals surface area (Å²) in [5.74, 6) is -0.618. The van der Waals surface area contributed by atoms with Crippen LogP contribution in [0.1, 0.15) is 27.0 Å². The van der Waals surface area contributed by atoms with E-state index in [0.717, 1.165) is 5.56 Å². The van der Waals surface area contributed by atoms with Crippen LogP contribution in [-0.2, 0) is 0 Å². The van der Waals surface area contributed by atoms with Gasteiger partial charge < -0.3 is 15.3 Å². The van der Waals surface area contributed by atoms with Gasteiger partial charge in [-0.15, -0.1) is 0 Å². The maximum absolute atomic E-state index is 12.1. The first-order valence-corrected chi connectivity index (χ1v) is 8.92. The number of nitrogens with one attached hydrogen (secondary N) is 1. The molecule has 0 aliphatic rings. The van der Waals surface area contributed by atoms with E-state index in [-0.39, 0.29) is 17.2 Å². The fourth-order valence-corrected chi connectivity index (χ4v) is 2.73. The first kappa shape index (κ1) is 20.0. The third-order valence-electron chi connectivity index (χ3n) is 3.97. The average Bonchev–Trinajstić information content (AvgIpc) is 2.69. The highest BCUT2D eigenvalue weighted by atomic mass is 35.5. The van der Waals surface area contributed by atoms with Crippen LogP contribution in [0.25, 0.3) is 12.2 Å². The number of halogens is 1. The summed E-state index contributed by atoms with van der Waals surface area (Å²) >= 11 is 5.87. The largest absolute Gasteiger partial charge is 0.508 e. The van der Waals surface area contributed by atoms with Gasteiger partial charge in [-0.25, -0.2) is 5.43 Å². The Kier molecular flexibility index (Phi) is 6.16. The van der Waals surface area contributed by atoms with Gasteiger partial charge in [0.2, 0.25) is 0 Å². The van der Waals surface area contributed by atoms with Crippen LogP contribution in [0.3, 0.4) is 0 Å². The average molecular weight is 409 g/mol. The Labute approximate surface area is 172 Å². The van der Waals surface area contributed by atoms with Crippen LogP contribution in [0.2, 0.25) is 5.02 Å². The van der Waals surface area contributed by atoms with Crippen molar-refractivity contribution in [2.45, 2.75) is 0 Å². The van der Waals surface area contributed by atoms with Gasteiger partial charge in [-0.3, -0.25) is 4.79 Å². The molecule has 0 bridgehead atoms. The number of hydrogen-bond donors (Lipinski definition) is 4. The predicted molar refractivity (Wildman–Crippen MR) is 113 cm³/mol. The number of benzene rings is 3. The minimum atomic E-state index is -0.455. The number of hydrogen-bond acceptors (Lipinski definition) is 5. The van der Waals surface area contributed by atoms with Gasteiger partial charge in [0, 0.05) is 22.2 Å². The van der Waals surface area contributed by atoms with Gasteiger partial charge in [-0.05, 0) is 47.5 Å². The molecular formula is C22H17ClN2O4. The number of phenols is 3. The molecule has 3 aromatic carbocycles. The van der Waals surface area contributed by atoms with Crippen LogP contribution >= 0.6 is 11.6 Å². The van der Waals surface area contributed by atoms with E-state index in [4.69, 9.17) is 11.6 Å². The smallest absolute Gasteiger partial charge is 0.271 e. The predicted octanol–water partition coefficient (Wildman–Crippen LogP) is 4.39. The zero-order valence-electron chi connectivity index (χ0n) is 15.1. The Balaban J connectivity index is 1.82. The van der Waals surface area contributed by atoms with E-state index in [1.165, 1.54) is 24.4 Å². The first-order chi connectivity index (χ1) is 13.9. The molecular weight excluding hydrogens is 392 g/mol. The molecule has 0 unspecified atom stereocenters. The summed E-state index contributed by atoms with van der Waals surface area (Å²) in [6, 6.07) is 15.6. The van der Waals surface area contributed by atoms with Gasteiger partial charge in [0.25, 0.3) is 5.91 Å². The summed E-state index contributed by atoms with van der Waals surface area (Å²) < 4.78 is 0. The zero-order valence-corrected chi connectivity index (χ0v) is 15.8. The highest BCUT2D eigenvalue weighted by molar-refractivity contribution is 6.30. The monoisotopic (exact) mass is 408 g/mol. The lowest BCUT2D eigenvalue weighted by molar-refractivity contribution is 0.0955.